The van der Waals surface area contributed by atoms with Crippen LogP contribution >= 0.6 is 0 Å². The van der Waals surface area contributed by atoms with E-state index in [2.05, 4.69) is 23.8 Å². The molecule has 0 radical (unpaired) electrons. The standard InChI is InChI=1S/C32H38F6O3/c1-2-3-20-39-28-18-19-29(30(33)21-28)24-10-6-22(7-11-24)4-5-23-8-12-25(13-9-23)31(34,35)40-26-14-16-27(17-15-26)41-32(36,37)38/h4-5,14-19,21-25H,2-3,6-13,20H2,1H3/b5-4+. The van der Waals surface area contributed by atoms with Crippen molar-refractivity contribution in [3.05, 3.63) is 66.0 Å². The molecule has 3 nitrogen and oxygen atoms in total. The Hall–Kier alpha value is -2.84. The van der Waals surface area contributed by atoms with Gasteiger partial charge < -0.3 is 14.2 Å². The van der Waals surface area contributed by atoms with Gasteiger partial charge >= 0.3 is 12.5 Å². The van der Waals surface area contributed by atoms with Crippen molar-refractivity contribution in [2.75, 3.05) is 6.61 Å². The van der Waals surface area contributed by atoms with Crippen molar-refractivity contribution in [1.29, 1.82) is 0 Å². The minimum atomic E-state index is -4.85. The van der Waals surface area contributed by atoms with Crippen molar-refractivity contribution in [1.82, 2.24) is 0 Å². The van der Waals surface area contributed by atoms with Crippen LogP contribution < -0.4 is 14.2 Å². The Bertz CT molecular complexity index is 1120. The van der Waals surface area contributed by atoms with Gasteiger partial charge in [0.25, 0.3) is 0 Å². The van der Waals surface area contributed by atoms with Crippen LogP contribution in [0.3, 0.4) is 0 Å². The van der Waals surface area contributed by atoms with E-state index in [0.29, 0.717) is 44.0 Å². The minimum absolute atomic E-state index is 0.190. The monoisotopic (exact) mass is 584 g/mol. The van der Waals surface area contributed by atoms with Gasteiger partial charge in [0.1, 0.15) is 23.1 Å². The van der Waals surface area contributed by atoms with Crippen molar-refractivity contribution in [2.45, 2.75) is 89.5 Å². The number of rotatable bonds is 11. The zero-order valence-corrected chi connectivity index (χ0v) is 23.3. The van der Waals surface area contributed by atoms with Crippen LogP contribution in [0.2, 0.25) is 0 Å². The molecule has 9 heteroatoms. The van der Waals surface area contributed by atoms with Crippen LogP contribution in [0.25, 0.3) is 0 Å². The lowest BCUT2D eigenvalue weighted by molar-refractivity contribution is -0.274. The lowest BCUT2D eigenvalue weighted by Crippen LogP contribution is -2.37. The van der Waals surface area contributed by atoms with Gasteiger partial charge in [-0.1, -0.05) is 31.6 Å². The summed E-state index contributed by atoms with van der Waals surface area (Å²) in [5.74, 6) is -0.496. The van der Waals surface area contributed by atoms with Crippen LogP contribution in [0, 0.1) is 23.6 Å². The third-order valence-corrected chi connectivity index (χ3v) is 8.16. The van der Waals surface area contributed by atoms with Crippen molar-refractivity contribution in [3.8, 4) is 17.2 Å². The van der Waals surface area contributed by atoms with Gasteiger partial charge in [0.05, 0.1) is 12.5 Å². The van der Waals surface area contributed by atoms with Crippen molar-refractivity contribution >= 4 is 0 Å². The summed E-state index contributed by atoms with van der Waals surface area (Å²) in [6.45, 7) is 2.67. The maximum atomic E-state index is 14.8. The quantitative estimate of drug-likeness (QED) is 0.149. The highest BCUT2D eigenvalue weighted by Gasteiger charge is 2.43. The van der Waals surface area contributed by atoms with E-state index in [1.54, 1.807) is 0 Å². The van der Waals surface area contributed by atoms with Gasteiger partial charge in [-0.25, -0.2) is 4.39 Å². The second-order valence-corrected chi connectivity index (χ2v) is 11.2. The number of hydrogen-bond acceptors (Lipinski definition) is 3. The highest BCUT2D eigenvalue weighted by molar-refractivity contribution is 5.32. The molecule has 0 N–H and O–H groups in total. The smallest absolute Gasteiger partial charge is 0.493 e. The van der Waals surface area contributed by atoms with E-state index in [9.17, 15) is 26.3 Å². The summed E-state index contributed by atoms with van der Waals surface area (Å²) < 4.78 is 95.4. The van der Waals surface area contributed by atoms with Gasteiger partial charge in [-0.2, -0.15) is 8.78 Å². The van der Waals surface area contributed by atoms with E-state index < -0.39 is 24.1 Å². The Morgan fingerprint density at radius 1 is 0.732 bits per heavy atom. The first kappa shape index (κ1) is 31.1. The van der Waals surface area contributed by atoms with Gasteiger partial charge in [-0.05, 0) is 111 Å². The Morgan fingerprint density at radius 3 is 1.80 bits per heavy atom. The van der Waals surface area contributed by atoms with Gasteiger partial charge in [-0.15, -0.1) is 13.2 Å². The number of benzene rings is 2. The molecule has 2 aliphatic carbocycles. The van der Waals surface area contributed by atoms with Gasteiger partial charge in [0, 0.05) is 6.07 Å². The Balaban J connectivity index is 1.20. The second kappa shape index (κ2) is 13.9. The van der Waals surface area contributed by atoms with E-state index in [4.69, 9.17) is 9.47 Å². The lowest BCUT2D eigenvalue weighted by atomic mass is 9.77. The molecule has 0 aliphatic heterocycles. The summed E-state index contributed by atoms with van der Waals surface area (Å²) in [5.41, 5.74) is 0.752. The van der Waals surface area contributed by atoms with Crippen molar-refractivity contribution in [3.63, 3.8) is 0 Å². The van der Waals surface area contributed by atoms with E-state index in [1.165, 1.54) is 6.07 Å². The molecule has 41 heavy (non-hydrogen) atoms. The molecule has 2 aliphatic rings. The molecular formula is C32H38F6O3. The first-order valence-corrected chi connectivity index (χ1v) is 14.6. The molecule has 0 spiro atoms. The fraction of sp³-hybridized carbons (Fsp3) is 0.562. The highest BCUT2D eigenvalue weighted by atomic mass is 19.4. The Labute approximate surface area is 237 Å². The van der Waals surface area contributed by atoms with Crippen LogP contribution in [0.5, 0.6) is 17.2 Å². The largest absolute Gasteiger partial charge is 0.573 e. The molecule has 0 saturated heterocycles. The van der Waals surface area contributed by atoms with Crippen molar-refractivity contribution < 1.29 is 40.6 Å². The molecule has 2 saturated carbocycles. The van der Waals surface area contributed by atoms with E-state index in [-0.39, 0.29) is 23.4 Å². The summed E-state index contributed by atoms with van der Waals surface area (Å²) in [5, 5.41) is 0. The average Bonchev–Trinajstić information content (AvgIpc) is 2.93. The van der Waals surface area contributed by atoms with Crippen LogP contribution in [0.15, 0.2) is 54.6 Å². The fourth-order valence-electron chi connectivity index (χ4n) is 5.80. The first-order chi connectivity index (χ1) is 19.5. The summed E-state index contributed by atoms with van der Waals surface area (Å²) in [4.78, 5) is 0. The molecule has 0 bridgehead atoms. The third-order valence-electron chi connectivity index (χ3n) is 8.16. The average molecular weight is 585 g/mol. The molecule has 0 heterocycles. The van der Waals surface area contributed by atoms with Gasteiger partial charge in [-0.3, -0.25) is 0 Å². The maximum Gasteiger partial charge on any atom is 0.573 e. The van der Waals surface area contributed by atoms with E-state index >= 15 is 0 Å². The number of unbranched alkanes of at least 4 members (excludes halogenated alkanes) is 1. The van der Waals surface area contributed by atoms with Gasteiger partial charge in [0.2, 0.25) is 0 Å². The molecular weight excluding hydrogens is 546 g/mol. The van der Waals surface area contributed by atoms with E-state index in [0.717, 1.165) is 68.4 Å². The zero-order chi connectivity index (χ0) is 29.5. The number of hydrogen-bond donors (Lipinski definition) is 0. The SMILES string of the molecule is CCCCOc1ccc(C2CCC(/C=C/C3CCC(C(F)(F)Oc4ccc(OC(F)(F)F)cc4)CC3)CC2)c(F)c1. The Kier molecular flexibility index (Phi) is 10.5. The molecule has 226 valence electrons. The first-order valence-electron chi connectivity index (χ1n) is 14.6. The molecule has 2 aromatic carbocycles. The number of allylic oxidation sites excluding steroid dienone is 2. The zero-order valence-electron chi connectivity index (χ0n) is 23.3. The number of halogens is 6. The summed E-state index contributed by atoms with van der Waals surface area (Å²) in [7, 11) is 0. The number of ether oxygens (including phenoxy) is 3. The molecule has 0 amide bonds. The summed E-state index contributed by atoms with van der Waals surface area (Å²) >= 11 is 0. The molecule has 4 rings (SSSR count). The van der Waals surface area contributed by atoms with Crippen LogP contribution in [-0.2, 0) is 0 Å². The van der Waals surface area contributed by atoms with Gasteiger partial charge in [0.15, 0.2) is 0 Å². The maximum absolute atomic E-state index is 14.8. The van der Waals surface area contributed by atoms with Crippen molar-refractivity contribution in [2.24, 2.45) is 17.8 Å². The predicted molar refractivity (Wildman–Crippen MR) is 145 cm³/mol. The number of alkyl halides is 5. The molecule has 0 aromatic heterocycles. The lowest BCUT2D eigenvalue weighted by Gasteiger charge is -2.32. The highest BCUT2D eigenvalue weighted by Crippen LogP contribution is 2.42. The minimum Gasteiger partial charge on any atom is -0.493 e. The second-order valence-electron chi connectivity index (χ2n) is 11.2. The topological polar surface area (TPSA) is 27.7 Å². The normalized spacial score (nSPS) is 23.9. The summed E-state index contributed by atoms with van der Waals surface area (Å²) in [6, 6.07) is 9.19. The van der Waals surface area contributed by atoms with Crippen LogP contribution in [0.4, 0.5) is 26.3 Å². The molecule has 0 unspecified atom stereocenters. The predicted octanol–water partition coefficient (Wildman–Crippen LogP) is 10.2. The van der Waals surface area contributed by atoms with E-state index in [1.807, 2.05) is 12.1 Å². The summed E-state index contributed by atoms with van der Waals surface area (Å²) in [6.07, 6.45) is 3.61. The molecule has 2 fully saturated rings. The van der Waals surface area contributed by atoms with Crippen LogP contribution in [-0.4, -0.2) is 19.1 Å². The third kappa shape index (κ3) is 9.33. The molecule has 0 atom stereocenters. The Morgan fingerprint density at radius 2 is 1.27 bits per heavy atom. The van der Waals surface area contributed by atoms with Crippen LogP contribution in [0.1, 0.15) is 82.6 Å². The fourth-order valence-corrected chi connectivity index (χ4v) is 5.80. The molecule has 2 aromatic rings.